The summed E-state index contributed by atoms with van der Waals surface area (Å²) in [7, 11) is 0. The quantitative estimate of drug-likeness (QED) is 0.258. The number of aromatic nitrogens is 4. The molecule has 3 aromatic rings. The smallest absolute Gasteiger partial charge is 0.210 e. The number of allylic oxidation sites excluding steroid dienone is 8. The molecule has 3 aromatic heterocycles. The number of Topliss-reactive ketones (excluding diaryl/α,β-unsaturated/α-hetero) is 8. The lowest BCUT2D eigenvalue weighted by molar-refractivity contribution is -0.138. The van der Waals surface area contributed by atoms with Crippen molar-refractivity contribution in [3.63, 3.8) is 0 Å². The molecule has 2 saturated carbocycles. The van der Waals surface area contributed by atoms with E-state index in [9.17, 15) is 38.4 Å². The second-order valence-electron chi connectivity index (χ2n) is 15.8. The summed E-state index contributed by atoms with van der Waals surface area (Å²) in [5, 5.41) is 0. The summed E-state index contributed by atoms with van der Waals surface area (Å²) in [5.41, 5.74) is 8.93. The Balaban J connectivity index is 1.20. The van der Waals surface area contributed by atoms with Gasteiger partial charge in [-0.15, -0.1) is 0 Å². The van der Waals surface area contributed by atoms with Crippen molar-refractivity contribution in [2.24, 2.45) is 23.7 Å². The first-order valence-electron chi connectivity index (χ1n) is 18.1. The molecule has 2 N–H and O–H groups in total. The van der Waals surface area contributed by atoms with E-state index in [-0.39, 0.29) is 0 Å². The van der Waals surface area contributed by atoms with Crippen molar-refractivity contribution in [2.45, 2.75) is 36.5 Å². The zero-order chi connectivity index (χ0) is 36.4. The summed E-state index contributed by atoms with van der Waals surface area (Å²) in [6.07, 6.45) is 7.55. The highest BCUT2D eigenvalue weighted by Gasteiger charge is 2.55. The van der Waals surface area contributed by atoms with Gasteiger partial charge in [-0.2, -0.15) is 0 Å². The monoisotopic (exact) mass is 710 g/mol. The Kier molecular flexibility index (Phi) is 4.81. The Hall–Kier alpha value is -6.56. The number of carbonyl (C=O) groups is 8. The molecule has 12 aliphatic rings. The predicted octanol–water partition coefficient (Wildman–Crippen LogP) is 3.49. The molecule has 16 bridgehead atoms. The van der Waals surface area contributed by atoms with Gasteiger partial charge in [0.15, 0.2) is 0 Å². The molecule has 5 heterocycles. The summed E-state index contributed by atoms with van der Waals surface area (Å²) in [5.74, 6) is -10.1. The maximum absolute atomic E-state index is 13.3. The molecule has 8 unspecified atom stereocenters. The molecule has 15 rings (SSSR count). The average Bonchev–Trinajstić information content (AvgIpc) is 4.03. The SMILES string of the molecule is O=C1C(=O)C2C=CC1C1=C2c2cc3[nH]c(cc4[nH]c(cc5nc(cc1n2)C1=C5C2C=CC1C(=O)C2=O)c1c4C2CC1C(=O)C2=O)c1c3C2CC1C(=O)C2=O. The third-order valence-corrected chi connectivity index (χ3v) is 13.5. The van der Waals surface area contributed by atoms with E-state index in [1.54, 1.807) is 42.5 Å². The number of H-pyrrole nitrogens is 2. The summed E-state index contributed by atoms with van der Waals surface area (Å²) < 4.78 is 0. The van der Waals surface area contributed by atoms with E-state index in [1.807, 2.05) is 6.07 Å². The number of rotatable bonds is 0. The zero-order valence-corrected chi connectivity index (χ0v) is 27.8. The minimum absolute atomic E-state index is 0.341. The lowest BCUT2D eigenvalue weighted by Crippen LogP contribution is -2.38. The Bertz CT molecular complexity index is 2800. The summed E-state index contributed by atoms with van der Waals surface area (Å²) in [6, 6.07) is 7.10. The number of fused-ring (bicyclic) bond motifs is 24. The van der Waals surface area contributed by atoms with Crippen LogP contribution in [0, 0.1) is 23.7 Å². The van der Waals surface area contributed by atoms with E-state index in [0.717, 1.165) is 0 Å². The number of nitrogens with zero attached hydrogens (tertiary/aromatic N) is 2. The van der Waals surface area contributed by atoms with Crippen LogP contribution in [-0.4, -0.2) is 66.2 Å². The zero-order valence-electron chi connectivity index (χ0n) is 27.8. The standard InChI is InChI=1S/C42H22N4O8/c47-35-11-1-3-13(37(35)49)29-21-8-23-31-15-5-17(41(53)39(15)51)33(31)25(45-23)10-26-34-18-6-16(40(52)42(18)54)32(34)24(46-26)9-22-30-14-4-2-12(36(48)38(14)50)28(30)20(44-22)7-19(43-21)27(11)29/h1-4,7-18,45-46H,5-6H2. The molecule has 0 saturated heterocycles. The van der Waals surface area contributed by atoms with Crippen LogP contribution in [0.25, 0.3) is 44.4 Å². The van der Waals surface area contributed by atoms with Crippen LogP contribution in [0.1, 0.15) is 81.5 Å². The number of aromatic amines is 2. The summed E-state index contributed by atoms with van der Waals surface area (Å²) in [6.45, 7) is 0. The van der Waals surface area contributed by atoms with Crippen LogP contribution in [0.4, 0.5) is 0 Å². The number of hydrogen-bond acceptors (Lipinski definition) is 10. The van der Waals surface area contributed by atoms with Gasteiger partial charge in [0.1, 0.15) is 0 Å². The van der Waals surface area contributed by atoms with Crippen molar-refractivity contribution in [2.75, 3.05) is 0 Å². The molecule has 0 spiro atoms. The molecule has 0 radical (unpaired) electrons. The van der Waals surface area contributed by atoms with E-state index >= 15 is 0 Å². The minimum atomic E-state index is -0.874. The summed E-state index contributed by atoms with van der Waals surface area (Å²) >= 11 is 0. The first-order chi connectivity index (χ1) is 26.1. The van der Waals surface area contributed by atoms with E-state index in [2.05, 4.69) is 9.97 Å². The maximum atomic E-state index is 13.3. The van der Waals surface area contributed by atoms with Crippen LogP contribution in [0.2, 0.25) is 0 Å². The van der Waals surface area contributed by atoms with Gasteiger partial charge >= 0.3 is 0 Å². The first kappa shape index (κ1) is 29.0. The largest absolute Gasteiger partial charge is 0.355 e. The number of nitrogens with one attached hydrogen (secondary N) is 2. The molecule has 12 nitrogen and oxygen atoms in total. The van der Waals surface area contributed by atoms with Crippen LogP contribution >= 0.6 is 0 Å². The van der Waals surface area contributed by atoms with Gasteiger partial charge in [-0.3, -0.25) is 38.4 Å². The van der Waals surface area contributed by atoms with Crippen molar-refractivity contribution >= 4 is 90.6 Å². The number of hydrogen-bond donors (Lipinski definition) is 2. The molecule has 2 fully saturated rings. The highest BCUT2D eigenvalue weighted by atomic mass is 16.2. The number of carbonyl (C=O) groups excluding carboxylic acids is 8. The normalized spacial score (nSPS) is 31.6. The van der Waals surface area contributed by atoms with Crippen LogP contribution in [0.5, 0.6) is 0 Å². The Morgan fingerprint density at radius 1 is 0.370 bits per heavy atom. The number of ketones is 8. The second kappa shape index (κ2) is 8.96. The van der Waals surface area contributed by atoms with Crippen molar-refractivity contribution < 1.29 is 38.4 Å². The van der Waals surface area contributed by atoms with Gasteiger partial charge < -0.3 is 9.97 Å². The van der Waals surface area contributed by atoms with Crippen LogP contribution in [0.15, 0.2) is 48.6 Å². The van der Waals surface area contributed by atoms with Crippen molar-refractivity contribution in [3.05, 3.63) is 93.6 Å². The molecule has 2 aliphatic heterocycles. The van der Waals surface area contributed by atoms with E-state index in [1.165, 1.54) is 0 Å². The Morgan fingerprint density at radius 3 is 0.963 bits per heavy atom. The third kappa shape index (κ3) is 3.05. The van der Waals surface area contributed by atoms with Crippen molar-refractivity contribution in [1.29, 1.82) is 0 Å². The highest BCUT2D eigenvalue weighted by molar-refractivity contribution is 6.49. The molecule has 0 aromatic carbocycles. The molecule has 54 heavy (non-hydrogen) atoms. The van der Waals surface area contributed by atoms with E-state index in [0.29, 0.717) is 102 Å². The topological polar surface area (TPSA) is 194 Å². The lowest BCUT2D eigenvalue weighted by Gasteiger charge is -2.31. The molecule has 0 amide bonds. The second-order valence-corrected chi connectivity index (χ2v) is 15.8. The highest BCUT2D eigenvalue weighted by Crippen LogP contribution is 2.57. The fraction of sp³-hybridized carbons (Fsp3) is 0.238. The van der Waals surface area contributed by atoms with Gasteiger partial charge in [0.05, 0.1) is 70.1 Å². The molecular formula is C42H22N4O8. The van der Waals surface area contributed by atoms with E-state index in [4.69, 9.17) is 9.97 Å². The lowest BCUT2D eigenvalue weighted by atomic mass is 9.68. The fourth-order valence-electron chi connectivity index (χ4n) is 11.3. The van der Waals surface area contributed by atoms with Crippen molar-refractivity contribution in [1.82, 2.24) is 19.9 Å². The third-order valence-electron chi connectivity index (χ3n) is 13.5. The van der Waals surface area contributed by atoms with Gasteiger partial charge in [-0.05, 0) is 81.7 Å². The molecule has 8 atom stereocenters. The van der Waals surface area contributed by atoms with Crippen molar-refractivity contribution in [3.8, 4) is 0 Å². The van der Waals surface area contributed by atoms with Crippen LogP contribution < -0.4 is 0 Å². The Morgan fingerprint density at radius 2 is 0.648 bits per heavy atom. The van der Waals surface area contributed by atoms with Gasteiger partial charge in [0.2, 0.25) is 46.3 Å². The first-order valence-corrected chi connectivity index (χ1v) is 18.1. The average molecular weight is 711 g/mol. The van der Waals surface area contributed by atoms with Crippen LogP contribution in [-0.2, 0) is 38.4 Å². The predicted molar refractivity (Wildman–Crippen MR) is 187 cm³/mol. The molecule has 12 heteroatoms. The van der Waals surface area contributed by atoms with Gasteiger partial charge in [0, 0.05) is 22.1 Å². The van der Waals surface area contributed by atoms with E-state index < -0.39 is 93.6 Å². The summed E-state index contributed by atoms with van der Waals surface area (Å²) in [4.78, 5) is 123. The Labute approximate surface area is 302 Å². The molecular weight excluding hydrogens is 688 g/mol. The van der Waals surface area contributed by atoms with Gasteiger partial charge in [-0.1, -0.05) is 24.3 Å². The fourth-order valence-corrected chi connectivity index (χ4v) is 11.3. The molecule has 258 valence electrons. The van der Waals surface area contributed by atoms with Gasteiger partial charge in [-0.25, -0.2) is 9.97 Å². The molecule has 10 aliphatic carbocycles. The van der Waals surface area contributed by atoms with Gasteiger partial charge in [0.25, 0.3) is 0 Å². The minimum Gasteiger partial charge on any atom is -0.355 e. The van der Waals surface area contributed by atoms with Crippen LogP contribution in [0.3, 0.4) is 0 Å². The maximum Gasteiger partial charge on any atom is 0.210 e.